The number of carbonyl (C=O) groups excluding carboxylic acids is 1. The zero-order chi connectivity index (χ0) is 28.3. The van der Waals surface area contributed by atoms with Crippen LogP contribution in [0.3, 0.4) is 0 Å². The predicted octanol–water partition coefficient (Wildman–Crippen LogP) is 2.94. The second kappa shape index (κ2) is 13.1. The molecule has 1 aromatic carbocycles. The Bertz CT molecular complexity index is 1270. The molecule has 3 atom stereocenters. The van der Waals surface area contributed by atoms with Gasteiger partial charge in [-0.25, -0.2) is 0 Å². The summed E-state index contributed by atoms with van der Waals surface area (Å²) in [5.41, 5.74) is -0.732. The van der Waals surface area contributed by atoms with Gasteiger partial charge in [-0.15, -0.1) is 0 Å². The minimum atomic E-state index is -4.43. The van der Waals surface area contributed by atoms with E-state index in [0.29, 0.717) is 41.4 Å². The van der Waals surface area contributed by atoms with E-state index in [9.17, 15) is 23.4 Å². The molecule has 0 saturated carbocycles. The van der Waals surface area contributed by atoms with E-state index in [4.69, 9.17) is 18.9 Å². The highest BCUT2D eigenvalue weighted by Gasteiger charge is 2.50. The molecule has 2 aliphatic rings. The van der Waals surface area contributed by atoms with E-state index in [-0.39, 0.29) is 25.3 Å². The molecular formula is C21H23Br4N3O9S. The summed E-state index contributed by atoms with van der Waals surface area (Å²) in [7, 11) is -2.96. The first kappa shape index (κ1) is 31.5. The molecule has 0 unspecified atom stereocenters. The number of benzene rings is 1. The number of hydrogen-bond acceptors (Lipinski definition) is 9. The number of aliphatic hydroxyl groups excluding tert-OH is 2. The lowest BCUT2D eigenvalue weighted by atomic mass is 9.87. The van der Waals surface area contributed by atoms with E-state index in [1.54, 1.807) is 18.2 Å². The number of allylic oxidation sites excluding steroid dienone is 1. The summed E-state index contributed by atoms with van der Waals surface area (Å²) >= 11 is 13.4. The quantitative estimate of drug-likeness (QED) is 0.166. The van der Waals surface area contributed by atoms with Crippen LogP contribution in [0.1, 0.15) is 24.5 Å². The standard InChI is InChI=1S/C21H23Br4N3O9S/c1-35-18-13(24)7-21(19(30)16(18)25)8-14(28-37-21)20(31)26-3-2-4-36-17-11(22)5-10(6-12(17)23)15(29)9-27-38(32,33)34/h5-7,15,19,27,29-30H,2-4,8-9H2,1H3,(H,26,31)(H,32,33,34)/t15-,19-,21+/m0/s1. The fourth-order valence-electron chi connectivity index (χ4n) is 3.58. The van der Waals surface area contributed by atoms with Gasteiger partial charge in [0.1, 0.15) is 23.3 Å². The molecule has 17 heteroatoms. The van der Waals surface area contributed by atoms with Crippen molar-refractivity contribution in [3.8, 4) is 5.75 Å². The summed E-state index contributed by atoms with van der Waals surface area (Å²) in [5.74, 6) is 0.432. The topological polar surface area (TPSA) is 176 Å². The van der Waals surface area contributed by atoms with Crippen LogP contribution < -0.4 is 14.8 Å². The Morgan fingerprint density at radius 2 is 1.95 bits per heavy atom. The Morgan fingerprint density at radius 3 is 2.55 bits per heavy atom. The Labute approximate surface area is 252 Å². The molecule has 0 aromatic heterocycles. The van der Waals surface area contributed by atoms with Gasteiger partial charge in [-0.05, 0) is 93.9 Å². The van der Waals surface area contributed by atoms with Gasteiger partial charge in [0.05, 0.1) is 37.7 Å². The van der Waals surface area contributed by atoms with Gasteiger partial charge in [-0.1, -0.05) is 5.16 Å². The molecule has 3 rings (SSSR count). The van der Waals surface area contributed by atoms with Crippen LogP contribution in [0, 0.1) is 0 Å². The van der Waals surface area contributed by atoms with Crippen molar-refractivity contribution in [1.82, 2.24) is 10.0 Å². The SMILES string of the molecule is COC1=C(Br)[C@H](O)[C@@]2(C=C1Br)CC(C(=O)NCCCOc1c(Br)cc([C@@H](O)CNS(=O)(=O)O)cc1Br)=NO2. The maximum Gasteiger partial charge on any atom is 0.333 e. The maximum atomic E-state index is 12.6. The highest BCUT2D eigenvalue weighted by Crippen LogP contribution is 2.44. The fraction of sp³-hybridized carbons (Fsp3) is 0.429. The van der Waals surface area contributed by atoms with Crippen LogP contribution in [0.2, 0.25) is 0 Å². The van der Waals surface area contributed by atoms with Crippen molar-refractivity contribution in [2.45, 2.75) is 30.7 Å². The van der Waals surface area contributed by atoms with Crippen molar-refractivity contribution in [2.75, 3.05) is 26.8 Å². The molecule has 1 aliphatic heterocycles. The highest BCUT2D eigenvalue weighted by molar-refractivity contribution is 9.12. The van der Waals surface area contributed by atoms with E-state index in [1.807, 2.05) is 4.72 Å². The first-order chi connectivity index (χ1) is 17.8. The molecule has 1 aliphatic carbocycles. The van der Waals surface area contributed by atoms with Crippen molar-refractivity contribution in [1.29, 1.82) is 0 Å². The zero-order valence-corrected chi connectivity index (χ0v) is 26.7. The molecule has 0 saturated heterocycles. The van der Waals surface area contributed by atoms with Gasteiger partial charge < -0.3 is 29.8 Å². The average Bonchev–Trinajstić information content (AvgIpc) is 3.26. The summed E-state index contributed by atoms with van der Waals surface area (Å²) in [5, 5.41) is 27.5. The lowest BCUT2D eigenvalue weighted by Crippen LogP contribution is -2.45. The molecule has 1 spiro atoms. The van der Waals surface area contributed by atoms with Crippen molar-refractivity contribution in [3.05, 3.63) is 47.4 Å². The summed E-state index contributed by atoms with van der Waals surface area (Å²) < 4.78 is 45.1. The first-order valence-corrected chi connectivity index (χ1v) is 15.4. The molecule has 210 valence electrons. The number of halogens is 4. The van der Waals surface area contributed by atoms with Crippen molar-refractivity contribution >= 4 is 85.6 Å². The summed E-state index contributed by atoms with van der Waals surface area (Å²) in [4.78, 5) is 18.1. The smallest absolute Gasteiger partial charge is 0.333 e. The number of amides is 1. The lowest BCUT2D eigenvalue weighted by Gasteiger charge is -2.33. The Kier molecular flexibility index (Phi) is 10.8. The van der Waals surface area contributed by atoms with Crippen molar-refractivity contribution in [3.63, 3.8) is 0 Å². The van der Waals surface area contributed by atoms with Crippen LogP contribution in [0.15, 0.2) is 47.0 Å². The van der Waals surface area contributed by atoms with Gasteiger partial charge >= 0.3 is 10.3 Å². The van der Waals surface area contributed by atoms with Crippen LogP contribution in [-0.4, -0.2) is 73.3 Å². The molecule has 0 bridgehead atoms. The minimum absolute atomic E-state index is 0.0511. The second-order valence-electron chi connectivity index (χ2n) is 8.15. The fourth-order valence-corrected chi connectivity index (χ4v) is 7.19. The van der Waals surface area contributed by atoms with E-state index in [0.717, 1.165) is 0 Å². The monoisotopic (exact) mass is 809 g/mol. The number of oxime groups is 1. The Hall–Kier alpha value is -1.05. The lowest BCUT2D eigenvalue weighted by molar-refractivity contribution is -0.114. The van der Waals surface area contributed by atoms with Gasteiger partial charge in [0, 0.05) is 19.5 Å². The van der Waals surface area contributed by atoms with Crippen molar-refractivity contribution in [2.24, 2.45) is 5.16 Å². The normalized spacial score (nSPS) is 22.1. The van der Waals surface area contributed by atoms with Crippen LogP contribution in [0.4, 0.5) is 0 Å². The third-order valence-corrected chi connectivity index (χ3v) is 8.55. The van der Waals surface area contributed by atoms with E-state index >= 15 is 0 Å². The maximum absolute atomic E-state index is 12.6. The molecule has 1 aromatic rings. The molecule has 0 radical (unpaired) electrons. The Morgan fingerprint density at radius 1 is 1.29 bits per heavy atom. The van der Waals surface area contributed by atoms with Gasteiger partial charge in [-0.2, -0.15) is 13.1 Å². The highest BCUT2D eigenvalue weighted by atomic mass is 79.9. The van der Waals surface area contributed by atoms with Gasteiger partial charge in [0.25, 0.3) is 5.91 Å². The second-order valence-corrected chi connectivity index (χ2v) is 12.8. The number of hydrogen-bond donors (Lipinski definition) is 5. The van der Waals surface area contributed by atoms with E-state index in [1.165, 1.54) is 7.11 Å². The Balaban J connectivity index is 1.47. The molecule has 1 amide bonds. The zero-order valence-electron chi connectivity index (χ0n) is 19.6. The molecule has 38 heavy (non-hydrogen) atoms. The number of rotatable bonds is 11. The van der Waals surface area contributed by atoms with Crippen LogP contribution >= 0.6 is 63.7 Å². The number of methoxy groups -OCH3 is 1. The van der Waals surface area contributed by atoms with Crippen LogP contribution in [0.25, 0.3) is 0 Å². The molecule has 0 fully saturated rings. The van der Waals surface area contributed by atoms with Gasteiger partial charge in [-0.3, -0.25) is 9.35 Å². The summed E-state index contributed by atoms with van der Waals surface area (Å²) in [6, 6.07) is 3.11. The minimum Gasteiger partial charge on any atom is -0.495 e. The number of nitrogens with zero attached hydrogens (tertiary/aromatic N) is 1. The number of nitrogens with one attached hydrogen (secondary N) is 2. The van der Waals surface area contributed by atoms with Gasteiger partial charge in [0.2, 0.25) is 0 Å². The number of ether oxygens (including phenoxy) is 2. The molecule has 5 N–H and O–H groups in total. The number of carbonyl (C=O) groups is 1. The van der Waals surface area contributed by atoms with Crippen LogP contribution in [-0.2, 0) is 24.7 Å². The molecule has 1 heterocycles. The van der Waals surface area contributed by atoms with E-state index < -0.39 is 40.6 Å². The molecular weight excluding hydrogens is 790 g/mol. The third-order valence-electron chi connectivity index (χ3n) is 5.46. The first-order valence-electron chi connectivity index (χ1n) is 10.8. The third kappa shape index (κ3) is 7.57. The van der Waals surface area contributed by atoms with E-state index in [2.05, 4.69) is 74.2 Å². The largest absolute Gasteiger partial charge is 0.495 e. The van der Waals surface area contributed by atoms with Crippen LogP contribution in [0.5, 0.6) is 5.75 Å². The summed E-state index contributed by atoms with van der Waals surface area (Å²) in [6.07, 6.45) is -0.212. The van der Waals surface area contributed by atoms with Gasteiger partial charge in [0.15, 0.2) is 5.60 Å². The summed E-state index contributed by atoms with van der Waals surface area (Å²) in [6.45, 7) is 0.101. The number of aliphatic hydroxyl groups is 2. The average molecular weight is 813 g/mol. The van der Waals surface area contributed by atoms with Crippen molar-refractivity contribution < 1.29 is 42.3 Å². The molecule has 12 nitrogen and oxygen atoms in total. The predicted molar refractivity (Wildman–Crippen MR) is 151 cm³/mol.